The lowest BCUT2D eigenvalue weighted by Crippen LogP contribution is -2.21. The molecule has 0 unspecified atom stereocenters. The minimum atomic E-state index is -0.542. The van der Waals surface area contributed by atoms with Gasteiger partial charge in [0.25, 0.3) is 11.5 Å². The van der Waals surface area contributed by atoms with Crippen molar-refractivity contribution in [3.05, 3.63) is 92.6 Å². The molecule has 0 aliphatic heterocycles. The summed E-state index contributed by atoms with van der Waals surface area (Å²) in [7, 11) is 0. The van der Waals surface area contributed by atoms with Crippen molar-refractivity contribution in [1.29, 1.82) is 0 Å². The van der Waals surface area contributed by atoms with Gasteiger partial charge in [-0.05, 0) is 37.6 Å². The normalized spacial score (nSPS) is 10.9. The van der Waals surface area contributed by atoms with E-state index in [2.05, 4.69) is 10.3 Å². The van der Waals surface area contributed by atoms with Crippen molar-refractivity contribution in [2.24, 2.45) is 0 Å². The number of benzene rings is 2. The third-order valence-corrected chi connectivity index (χ3v) is 6.29. The van der Waals surface area contributed by atoms with E-state index in [1.54, 1.807) is 56.3 Å². The number of para-hydroxylation sites is 1. The molecule has 0 aliphatic rings. The van der Waals surface area contributed by atoms with Crippen molar-refractivity contribution in [2.45, 2.75) is 20.4 Å². The highest BCUT2D eigenvalue weighted by molar-refractivity contribution is 7.20. The molecule has 168 valence electrons. The average molecular weight is 466 g/mol. The summed E-state index contributed by atoms with van der Waals surface area (Å²) < 4.78 is 20.4. The Hall–Kier alpha value is -3.85. The molecule has 0 saturated carbocycles. The van der Waals surface area contributed by atoms with E-state index in [0.29, 0.717) is 31.9 Å². The summed E-state index contributed by atoms with van der Waals surface area (Å²) in [5, 5.41) is 3.04. The van der Waals surface area contributed by atoms with Crippen molar-refractivity contribution >= 4 is 39.1 Å². The van der Waals surface area contributed by atoms with E-state index in [-0.39, 0.29) is 24.3 Å². The fraction of sp³-hybridized carbons (Fsp3) is 0.167. The van der Waals surface area contributed by atoms with Crippen LogP contribution in [0.4, 0.5) is 10.1 Å². The molecule has 0 bridgehead atoms. The minimum absolute atomic E-state index is 0.0260. The van der Waals surface area contributed by atoms with Crippen molar-refractivity contribution in [2.75, 3.05) is 11.9 Å². The van der Waals surface area contributed by atoms with Gasteiger partial charge in [0.1, 0.15) is 10.6 Å². The van der Waals surface area contributed by atoms with Gasteiger partial charge in [0.15, 0.2) is 0 Å². The second kappa shape index (κ2) is 9.33. The Morgan fingerprint density at radius 1 is 1.15 bits per heavy atom. The second-order valence-corrected chi connectivity index (χ2v) is 8.22. The van der Waals surface area contributed by atoms with Gasteiger partial charge in [0, 0.05) is 5.56 Å². The molecular weight excluding hydrogens is 445 g/mol. The first-order valence-electron chi connectivity index (χ1n) is 10.2. The molecule has 0 saturated heterocycles. The molecule has 0 spiro atoms. The van der Waals surface area contributed by atoms with Crippen molar-refractivity contribution in [3.8, 4) is 0 Å². The Labute approximate surface area is 192 Å². The molecule has 2 aromatic carbocycles. The third kappa shape index (κ3) is 4.40. The van der Waals surface area contributed by atoms with Gasteiger partial charge in [-0.1, -0.05) is 30.3 Å². The number of rotatable bonds is 6. The van der Waals surface area contributed by atoms with E-state index in [4.69, 9.17) is 4.74 Å². The first-order valence-corrected chi connectivity index (χ1v) is 11.0. The zero-order valence-corrected chi connectivity index (χ0v) is 18.7. The van der Waals surface area contributed by atoms with Crippen LogP contribution >= 0.6 is 11.3 Å². The lowest BCUT2D eigenvalue weighted by Gasteiger charge is -2.10. The summed E-state index contributed by atoms with van der Waals surface area (Å²) in [6, 6.07) is 12.7. The van der Waals surface area contributed by atoms with Crippen LogP contribution in [0.1, 0.15) is 38.1 Å². The molecule has 0 fully saturated rings. The number of amides is 1. The number of fused-ring (bicyclic) bond motifs is 1. The molecule has 7 nitrogen and oxygen atoms in total. The molecule has 2 aromatic heterocycles. The SMILES string of the molecule is CCOC(=O)c1ccccc1NC(=O)c1sc2ncn(Cc3ccccc3F)c(=O)c2c1C. The van der Waals surface area contributed by atoms with Crippen LogP contribution in [-0.2, 0) is 11.3 Å². The highest BCUT2D eigenvalue weighted by Crippen LogP contribution is 2.28. The number of carbonyl (C=O) groups is 2. The molecule has 0 radical (unpaired) electrons. The molecule has 0 atom stereocenters. The number of ether oxygens (including phenoxy) is 1. The van der Waals surface area contributed by atoms with Gasteiger partial charge in [-0.25, -0.2) is 14.2 Å². The van der Waals surface area contributed by atoms with E-state index in [1.165, 1.54) is 17.0 Å². The Balaban J connectivity index is 1.67. The van der Waals surface area contributed by atoms with Crippen LogP contribution in [0.15, 0.2) is 59.7 Å². The minimum Gasteiger partial charge on any atom is -0.462 e. The van der Waals surface area contributed by atoms with Gasteiger partial charge in [-0.2, -0.15) is 0 Å². The maximum atomic E-state index is 14.0. The molecule has 2 heterocycles. The Bertz CT molecular complexity index is 1430. The topological polar surface area (TPSA) is 90.3 Å². The lowest BCUT2D eigenvalue weighted by atomic mass is 10.1. The number of hydrogen-bond donors (Lipinski definition) is 1. The average Bonchev–Trinajstić information content (AvgIpc) is 3.15. The molecular formula is C24H20FN3O4S. The van der Waals surface area contributed by atoms with E-state index < -0.39 is 17.7 Å². The van der Waals surface area contributed by atoms with Gasteiger partial charge < -0.3 is 10.1 Å². The number of carbonyl (C=O) groups excluding carboxylic acids is 2. The van der Waals surface area contributed by atoms with Crippen molar-refractivity contribution in [3.63, 3.8) is 0 Å². The number of aryl methyl sites for hydroxylation is 1. The standard InChI is InChI=1S/C24H20FN3O4S/c1-3-32-24(31)16-9-5-7-11-18(16)27-21(29)20-14(2)19-22(33-20)26-13-28(23(19)30)12-15-8-4-6-10-17(15)25/h4-11,13H,3,12H2,1-2H3,(H,27,29). The fourth-order valence-corrected chi connectivity index (χ4v) is 4.49. The monoisotopic (exact) mass is 465 g/mol. The van der Waals surface area contributed by atoms with E-state index >= 15 is 0 Å². The highest BCUT2D eigenvalue weighted by atomic mass is 32.1. The first kappa shape index (κ1) is 22.3. The van der Waals surface area contributed by atoms with Crippen LogP contribution in [0, 0.1) is 12.7 Å². The van der Waals surface area contributed by atoms with E-state index in [0.717, 1.165) is 11.3 Å². The van der Waals surface area contributed by atoms with Crippen LogP contribution < -0.4 is 10.9 Å². The Kier molecular flexibility index (Phi) is 6.32. The number of hydrogen-bond acceptors (Lipinski definition) is 6. The van der Waals surface area contributed by atoms with Crippen LogP contribution in [0.25, 0.3) is 10.2 Å². The molecule has 9 heteroatoms. The number of nitrogens with zero attached hydrogens (tertiary/aromatic N) is 2. The summed E-state index contributed by atoms with van der Waals surface area (Å²) in [4.78, 5) is 43.3. The number of thiophene rings is 1. The predicted octanol–water partition coefficient (Wildman–Crippen LogP) is 4.38. The van der Waals surface area contributed by atoms with Gasteiger partial charge in [0.05, 0.1) is 41.0 Å². The second-order valence-electron chi connectivity index (χ2n) is 7.23. The summed E-state index contributed by atoms with van der Waals surface area (Å²) in [5.74, 6) is -1.42. The summed E-state index contributed by atoms with van der Waals surface area (Å²) in [6.45, 7) is 3.60. The predicted molar refractivity (Wildman–Crippen MR) is 124 cm³/mol. The largest absolute Gasteiger partial charge is 0.462 e. The van der Waals surface area contributed by atoms with Gasteiger partial charge in [-0.3, -0.25) is 14.2 Å². The number of aromatic nitrogens is 2. The molecule has 1 amide bonds. The number of anilines is 1. The smallest absolute Gasteiger partial charge is 0.340 e. The van der Waals surface area contributed by atoms with E-state index in [9.17, 15) is 18.8 Å². The maximum absolute atomic E-state index is 14.0. The first-order chi connectivity index (χ1) is 15.9. The van der Waals surface area contributed by atoms with Crippen LogP contribution in [0.3, 0.4) is 0 Å². The Morgan fingerprint density at radius 3 is 2.64 bits per heavy atom. The van der Waals surface area contributed by atoms with Crippen LogP contribution in [-0.4, -0.2) is 28.0 Å². The van der Waals surface area contributed by atoms with Crippen LogP contribution in [0.5, 0.6) is 0 Å². The summed E-state index contributed by atoms with van der Waals surface area (Å²) in [6.07, 6.45) is 1.35. The maximum Gasteiger partial charge on any atom is 0.340 e. The van der Waals surface area contributed by atoms with Crippen molar-refractivity contribution < 1.29 is 18.7 Å². The highest BCUT2D eigenvalue weighted by Gasteiger charge is 2.21. The molecule has 4 rings (SSSR count). The fourth-order valence-electron chi connectivity index (χ4n) is 3.46. The van der Waals surface area contributed by atoms with Crippen LogP contribution in [0.2, 0.25) is 0 Å². The molecule has 0 aliphatic carbocycles. The molecule has 4 aromatic rings. The van der Waals surface area contributed by atoms with Crippen molar-refractivity contribution in [1.82, 2.24) is 9.55 Å². The number of halogens is 1. The summed E-state index contributed by atoms with van der Waals surface area (Å²) >= 11 is 1.08. The van der Waals surface area contributed by atoms with E-state index in [1.807, 2.05) is 0 Å². The lowest BCUT2D eigenvalue weighted by molar-refractivity contribution is 0.0527. The quantitative estimate of drug-likeness (QED) is 0.427. The number of esters is 1. The Morgan fingerprint density at radius 2 is 1.88 bits per heavy atom. The molecule has 1 N–H and O–H groups in total. The van der Waals surface area contributed by atoms with Gasteiger partial charge in [0.2, 0.25) is 0 Å². The summed E-state index contributed by atoms with van der Waals surface area (Å²) in [5.41, 5.74) is 1.02. The zero-order valence-electron chi connectivity index (χ0n) is 17.9. The zero-order chi connectivity index (χ0) is 23.5. The van der Waals surface area contributed by atoms with Gasteiger partial charge >= 0.3 is 5.97 Å². The van der Waals surface area contributed by atoms with Gasteiger partial charge in [-0.15, -0.1) is 11.3 Å². The third-order valence-electron chi connectivity index (χ3n) is 5.09. The number of nitrogens with one attached hydrogen (secondary N) is 1. The molecule has 33 heavy (non-hydrogen) atoms.